The van der Waals surface area contributed by atoms with E-state index in [-0.39, 0.29) is 11.9 Å². The summed E-state index contributed by atoms with van der Waals surface area (Å²) >= 11 is 0. The molecule has 158 valence electrons. The first-order chi connectivity index (χ1) is 15.1. The molecule has 3 aromatic heterocycles. The summed E-state index contributed by atoms with van der Waals surface area (Å²) in [5.74, 6) is 0.778. The monoisotopic (exact) mass is 417 g/mol. The van der Waals surface area contributed by atoms with Crippen LogP contribution >= 0.6 is 0 Å². The minimum Gasteiger partial charge on any atom is -0.359 e. The molecule has 1 amide bonds. The molecule has 3 aromatic rings. The van der Waals surface area contributed by atoms with Gasteiger partial charge in [0.05, 0.1) is 23.9 Å². The number of pyridine rings is 1. The average molecular weight is 417 g/mol. The molecule has 0 spiro atoms. The summed E-state index contributed by atoms with van der Waals surface area (Å²) in [4.78, 5) is 26.2. The van der Waals surface area contributed by atoms with Crippen LogP contribution in [0.25, 0.3) is 5.65 Å². The van der Waals surface area contributed by atoms with Crippen LogP contribution in [0.3, 0.4) is 0 Å². The van der Waals surface area contributed by atoms with Gasteiger partial charge < -0.3 is 14.5 Å². The molecule has 2 aliphatic heterocycles. The van der Waals surface area contributed by atoms with Crippen molar-refractivity contribution in [2.75, 3.05) is 31.3 Å². The van der Waals surface area contributed by atoms with Gasteiger partial charge in [0.15, 0.2) is 5.65 Å². The zero-order valence-electron chi connectivity index (χ0n) is 17.4. The number of nitriles is 1. The first-order valence-corrected chi connectivity index (χ1v) is 10.5. The van der Waals surface area contributed by atoms with Crippen molar-refractivity contribution in [1.82, 2.24) is 24.5 Å². The Kier molecular flexibility index (Phi) is 5.00. The Morgan fingerprint density at radius 2 is 2.19 bits per heavy atom. The molecular formula is C22H23N7O2. The van der Waals surface area contributed by atoms with E-state index >= 15 is 0 Å². The molecule has 0 aromatic carbocycles. The number of hydrogen-bond donors (Lipinski definition) is 0. The number of carbonyl (C=O) groups excluding carboxylic acids is 1. The van der Waals surface area contributed by atoms with Gasteiger partial charge in [-0.3, -0.25) is 4.79 Å². The highest BCUT2D eigenvalue weighted by Crippen LogP contribution is 2.32. The molecule has 0 saturated carbocycles. The van der Waals surface area contributed by atoms with Crippen molar-refractivity contribution in [2.45, 2.75) is 32.2 Å². The van der Waals surface area contributed by atoms with Crippen LogP contribution in [0.5, 0.6) is 0 Å². The lowest BCUT2D eigenvalue weighted by atomic mass is 9.99. The minimum absolute atomic E-state index is 0.126. The van der Waals surface area contributed by atoms with Gasteiger partial charge >= 0.3 is 0 Å². The van der Waals surface area contributed by atoms with Gasteiger partial charge in [-0.25, -0.2) is 14.5 Å². The number of carbonyl (C=O) groups is 1. The van der Waals surface area contributed by atoms with Gasteiger partial charge in [0, 0.05) is 37.1 Å². The maximum absolute atomic E-state index is 13.2. The fraction of sp³-hybridized carbons (Fsp3) is 0.409. The second-order valence-corrected chi connectivity index (χ2v) is 7.97. The van der Waals surface area contributed by atoms with E-state index in [4.69, 9.17) is 20.1 Å². The Bertz CT molecular complexity index is 1160. The fourth-order valence-electron chi connectivity index (χ4n) is 4.30. The van der Waals surface area contributed by atoms with Crippen molar-refractivity contribution in [2.24, 2.45) is 0 Å². The number of aryl methyl sites for hydroxylation is 1. The normalized spacial score (nSPS) is 19.0. The highest BCUT2D eigenvalue weighted by atomic mass is 16.5. The lowest BCUT2D eigenvalue weighted by Gasteiger charge is -2.34. The number of likely N-dealkylation sites (tertiary alicyclic amines) is 1. The summed E-state index contributed by atoms with van der Waals surface area (Å²) in [5.41, 5.74) is 3.42. The maximum atomic E-state index is 13.2. The highest BCUT2D eigenvalue weighted by molar-refractivity contribution is 5.92. The summed E-state index contributed by atoms with van der Waals surface area (Å²) in [5, 5.41) is 13.7. The standard InChI is InChI=1S/C22H23N7O2/c1-15-13-29-20(25-21(15)27-8-9-31-14-27)10-18(26-29)19-4-2-3-7-28(19)22(30)17-6-5-16(11-23)12-24-17/h5-6,10,12-13,19H,2-4,7-9,14H2,1H3/t19-/m0/s1. The number of fused-ring (bicyclic) bond motifs is 1. The van der Waals surface area contributed by atoms with E-state index in [0.717, 1.165) is 48.5 Å². The molecule has 0 N–H and O–H groups in total. The fourth-order valence-corrected chi connectivity index (χ4v) is 4.30. The van der Waals surface area contributed by atoms with Crippen LogP contribution in [0.1, 0.15) is 52.6 Å². The third kappa shape index (κ3) is 3.59. The predicted octanol–water partition coefficient (Wildman–Crippen LogP) is 2.47. The van der Waals surface area contributed by atoms with Crippen LogP contribution < -0.4 is 4.90 Å². The summed E-state index contributed by atoms with van der Waals surface area (Å²) in [7, 11) is 0. The van der Waals surface area contributed by atoms with Gasteiger partial charge in [-0.1, -0.05) is 0 Å². The second-order valence-electron chi connectivity index (χ2n) is 7.97. The summed E-state index contributed by atoms with van der Waals surface area (Å²) in [6.07, 6.45) is 6.25. The molecule has 5 rings (SSSR count). The number of anilines is 1. The first kappa shape index (κ1) is 19.5. The summed E-state index contributed by atoms with van der Waals surface area (Å²) in [6, 6.07) is 7.12. The van der Waals surface area contributed by atoms with Crippen LogP contribution in [-0.4, -0.2) is 56.8 Å². The number of aromatic nitrogens is 4. The van der Waals surface area contributed by atoms with Gasteiger partial charge in [0.1, 0.15) is 24.3 Å². The number of nitrogens with zero attached hydrogens (tertiary/aromatic N) is 7. The third-order valence-corrected chi connectivity index (χ3v) is 5.89. The van der Waals surface area contributed by atoms with Crippen molar-refractivity contribution in [1.29, 1.82) is 5.26 Å². The molecule has 9 nitrogen and oxygen atoms in total. The minimum atomic E-state index is -0.134. The number of piperidine rings is 1. The zero-order valence-corrected chi connectivity index (χ0v) is 17.4. The molecule has 1 atom stereocenters. The molecule has 0 aliphatic carbocycles. The van der Waals surface area contributed by atoms with Crippen molar-refractivity contribution in [3.05, 3.63) is 53.1 Å². The third-order valence-electron chi connectivity index (χ3n) is 5.89. The number of amides is 1. The molecular weight excluding hydrogens is 394 g/mol. The van der Waals surface area contributed by atoms with E-state index in [1.807, 2.05) is 30.2 Å². The molecule has 2 saturated heterocycles. The van der Waals surface area contributed by atoms with E-state index in [1.54, 1.807) is 16.6 Å². The van der Waals surface area contributed by atoms with Gasteiger partial charge in [0.25, 0.3) is 5.91 Å². The number of ether oxygens (including phenoxy) is 1. The maximum Gasteiger partial charge on any atom is 0.273 e. The lowest BCUT2D eigenvalue weighted by Crippen LogP contribution is -2.39. The van der Waals surface area contributed by atoms with E-state index in [9.17, 15) is 4.79 Å². The predicted molar refractivity (Wildman–Crippen MR) is 112 cm³/mol. The van der Waals surface area contributed by atoms with Crippen LogP contribution in [0.4, 0.5) is 5.82 Å². The van der Waals surface area contributed by atoms with E-state index in [0.29, 0.717) is 31.1 Å². The van der Waals surface area contributed by atoms with E-state index in [2.05, 4.69) is 9.88 Å². The Morgan fingerprint density at radius 3 is 2.94 bits per heavy atom. The van der Waals surface area contributed by atoms with Crippen LogP contribution in [0.15, 0.2) is 30.6 Å². The Hall–Kier alpha value is -3.51. The Morgan fingerprint density at radius 1 is 1.29 bits per heavy atom. The van der Waals surface area contributed by atoms with Gasteiger partial charge in [-0.05, 0) is 38.3 Å². The van der Waals surface area contributed by atoms with E-state index < -0.39 is 0 Å². The van der Waals surface area contributed by atoms with Gasteiger partial charge in [-0.2, -0.15) is 10.4 Å². The molecule has 2 aliphatic rings. The van der Waals surface area contributed by atoms with Crippen molar-refractivity contribution in [3.63, 3.8) is 0 Å². The zero-order chi connectivity index (χ0) is 21.4. The van der Waals surface area contributed by atoms with Crippen LogP contribution in [0, 0.1) is 18.3 Å². The lowest BCUT2D eigenvalue weighted by molar-refractivity contribution is 0.0599. The molecule has 2 fully saturated rings. The van der Waals surface area contributed by atoms with Gasteiger partial charge in [-0.15, -0.1) is 0 Å². The molecule has 0 unspecified atom stereocenters. The summed E-state index contributed by atoms with van der Waals surface area (Å²) in [6.45, 7) is 4.76. The van der Waals surface area contributed by atoms with Crippen LogP contribution in [-0.2, 0) is 4.74 Å². The molecule has 31 heavy (non-hydrogen) atoms. The quantitative estimate of drug-likeness (QED) is 0.645. The Balaban J connectivity index is 1.46. The van der Waals surface area contributed by atoms with Crippen LogP contribution in [0.2, 0.25) is 0 Å². The van der Waals surface area contributed by atoms with E-state index in [1.165, 1.54) is 6.20 Å². The average Bonchev–Trinajstić information content (AvgIpc) is 3.48. The second kappa shape index (κ2) is 7.96. The molecule has 5 heterocycles. The number of rotatable bonds is 3. The molecule has 0 bridgehead atoms. The topological polar surface area (TPSA) is 99.6 Å². The molecule has 0 radical (unpaired) electrons. The van der Waals surface area contributed by atoms with Crippen molar-refractivity contribution >= 4 is 17.4 Å². The Labute approximate surface area is 179 Å². The van der Waals surface area contributed by atoms with Gasteiger partial charge in [0.2, 0.25) is 0 Å². The van der Waals surface area contributed by atoms with Crippen molar-refractivity contribution in [3.8, 4) is 6.07 Å². The number of hydrogen-bond acceptors (Lipinski definition) is 7. The highest BCUT2D eigenvalue weighted by Gasteiger charge is 2.31. The SMILES string of the molecule is Cc1cn2nc([C@@H]3CCCCN3C(=O)c3ccc(C#N)cn3)cc2nc1N1CCOC1. The molecule has 9 heteroatoms. The van der Waals surface area contributed by atoms with Crippen molar-refractivity contribution < 1.29 is 9.53 Å². The summed E-state index contributed by atoms with van der Waals surface area (Å²) < 4.78 is 7.27. The smallest absolute Gasteiger partial charge is 0.273 e. The first-order valence-electron chi connectivity index (χ1n) is 10.5. The largest absolute Gasteiger partial charge is 0.359 e.